The quantitative estimate of drug-likeness (QED) is 0.598. The predicted octanol–water partition coefficient (Wildman–Crippen LogP) is 1.32. The number of pyridine rings is 1. The second-order valence-corrected chi connectivity index (χ2v) is 8.71. The van der Waals surface area contributed by atoms with Crippen LogP contribution in [0.2, 0.25) is 0 Å². The van der Waals surface area contributed by atoms with Gasteiger partial charge in [0.1, 0.15) is 11.3 Å². The Kier molecular flexibility index (Phi) is 5.60. The van der Waals surface area contributed by atoms with Gasteiger partial charge in [0.25, 0.3) is 16.5 Å². The molecule has 30 heavy (non-hydrogen) atoms. The van der Waals surface area contributed by atoms with E-state index in [1.165, 1.54) is 3.97 Å². The first kappa shape index (κ1) is 20.2. The van der Waals surface area contributed by atoms with Gasteiger partial charge in [0.05, 0.1) is 22.7 Å². The molecule has 0 spiro atoms. The summed E-state index contributed by atoms with van der Waals surface area (Å²) in [5, 5.41) is 10.2. The highest BCUT2D eigenvalue weighted by Crippen LogP contribution is 2.33. The number of anilines is 1. The summed E-state index contributed by atoms with van der Waals surface area (Å²) in [5.74, 6) is 0.660. The number of benzene rings is 1. The minimum absolute atomic E-state index is 0.232. The fourth-order valence-corrected chi connectivity index (χ4v) is 5.14. The standard InChI is InChI=1S/C19H20N4O3S.CH2O2/c24-27(25,15-4-3-14-5-11-26-18(14)12-15)23-13-17(22-9-7-20-8-10-22)19-16(23)2-1-6-21-19;2-1-3/h1-4,6,12-13,20H,5,7-11H2;1H,(H,2,3). The largest absolute Gasteiger partial charge is 0.493 e. The molecule has 2 aliphatic rings. The van der Waals surface area contributed by atoms with Gasteiger partial charge in [-0.2, -0.15) is 0 Å². The Balaban J connectivity index is 0.000000687. The number of carbonyl (C=O) groups is 1. The third-order valence-corrected chi connectivity index (χ3v) is 6.86. The molecule has 0 unspecified atom stereocenters. The van der Waals surface area contributed by atoms with E-state index in [1.807, 2.05) is 6.07 Å². The van der Waals surface area contributed by atoms with Gasteiger partial charge in [-0.1, -0.05) is 6.07 Å². The first-order chi connectivity index (χ1) is 14.6. The van der Waals surface area contributed by atoms with Crippen molar-refractivity contribution in [2.75, 3.05) is 37.7 Å². The SMILES string of the molecule is O=CO.O=S(=O)(c1ccc2c(c1)OCC2)n1cc(N2CCNCC2)c2ncccc21. The Morgan fingerprint density at radius 1 is 1.20 bits per heavy atom. The first-order valence-electron chi connectivity index (χ1n) is 9.57. The summed E-state index contributed by atoms with van der Waals surface area (Å²) in [6.07, 6.45) is 4.22. The lowest BCUT2D eigenvalue weighted by atomic mass is 10.2. The molecule has 0 saturated carbocycles. The van der Waals surface area contributed by atoms with Crippen LogP contribution in [-0.4, -0.2) is 61.7 Å². The summed E-state index contributed by atoms with van der Waals surface area (Å²) in [6, 6.07) is 8.70. The average molecular weight is 430 g/mol. The van der Waals surface area contributed by atoms with E-state index in [2.05, 4.69) is 15.2 Å². The van der Waals surface area contributed by atoms with Crippen LogP contribution in [-0.2, 0) is 21.2 Å². The fourth-order valence-electron chi connectivity index (χ4n) is 3.77. The molecule has 0 bridgehead atoms. The number of hydrogen-bond acceptors (Lipinski definition) is 7. The van der Waals surface area contributed by atoms with Crippen molar-refractivity contribution < 1.29 is 23.1 Å². The van der Waals surface area contributed by atoms with E-state index < -0.39 is 10.0 Å². The van der Waals surface area contributed by atoms with Crippen LogP contribution in [0, 0.1) is 0 Å². The average Bonchev–Trinajstić information content (AvgIpc) is 3.39. The van der Waals surface area contributed by atoms with Crippen molar-refractivity contribution in [3.8, 4) is 5.75 Å². The molecule has 158 valence electrons. The molecule has 4 heterocycles. The Morgan fingerprint density at radius 3 is 2.73 bits per heavy atom. The van der Waals surface area contributed by atoms with Gasteiger partial charge in [-0.15, -0.1) is 0 Å². The topological polar surface area (TPSA) is 114 Å². The number of aromatic nitrogens is 2. The van der Waals surface area contributed by atoms with Gasteiger partial charge >= 0.3 is 0 Å². The zero-order chi connectivity index (χ0) is 21.1. The van der Waals surface area contributed by atoms with E-state index in [0.717, 1.165) is 43.9 Å². The summed E-state index contributed by atoms with van der Waals surface area (Å²) in [7, 11) is -3.75. The van der Waals surface area contributed by atoms with Crippen LogP contribution in [0.4, 0.5) is 5.69 Å². The molecule has 1 saturated heterocycles. The summed E-state index contributed by atoms with van der Waals surface area (Å²) in [5.41, 5.74) is 3.20. The van der Waals surface area contributed by atoms with E-state index in [9.17, 15) is 8.42 Å². The van der Waals surface area contributed by atoms with Gasteiger partial charge in [-0.05, 0) is 23.8 Å². The Bertz CT molecular complexity index is 1170. The maximum absolute atomic E-state index is 13.4. The normalized spacial score (nSPS) is 15.8. The van der Waals surface area contributed by atoms with Gasteiger partial charge < -0.3 is 20.1 Å². The highest BCUT2D eigenvalue weighted by Gasteiger charge is 2.26. The number of rotatable bonds is 3. The van der Waals surface area contributed by atoms with E-state index in [-0.39, 0.29) is 11.4 Å². The van der Waals surface area contributed by atoms with Crippen molar-refractivity contribution in [3.05, 3.63) is 48.3 Å². The molecule has 2 aromatic heterocycles. The molecule has 2 aliphatic heterocycles. The molecular formula is C20H22N4O5S. The van der Waals surface area contributed by atoms with E-state index >= 15 is 0 Å². The van der Waals surface area contributed by atoms with Crippen molar-refractivity contribution >= 4 is 33.2 Å². The lowest BCUT2D eigenvalue weighted by Crippen LogP contribution is -2.43. The third kappa shape index (κ3) is 3.59. The minimum atomic E-state index is -3.75. The van der Waals surface area contributed by atoms with Crippen LogP contribution in [0.5, 0.6) is 5.75 Å². The fraction of sp³-hybridized carbons (Fsp3) is 0.300. The highest BCUT2D eigenvalue weighted by molar-refractivity contribution is 7.90. The monoisotopic (exact) mass is 430 g/mol. The van der Waals surface area contributed by atoms with E-state index in [4.69, 9.17) is 14.6 Å². The number of carboxylic acid groups (broad SMARTS) is 1. The third-order valence-electron chi connectivity index (χ3n) is 5.19. The number of nitrogens with one attached hydrogen (secondary N) is 1. The summed E-state index contributed by atoms with van der Waals surface area (Å²) in [6.45, 7) is 3.73. The molecular weight excluding hydrogens is 408 g/mol. The minimum Gasteiger partial charge on any atom is -0.493 e. The van der Waals surface area contributed by atoms with Crippen molar-refractivity contribution in [1.82, 2.24) is 14.3 Å². The molecule has 10 heteroatoms. The Labute approximate surface area is 173 Å². The molecule has 0 atom stereocenters. The Hall–Kier alpha value is -3.11. The van der Waals surface area contributed by atoms with Crippen molar-refractivity contribution in [2.24, 2.45) is 0 Å². The maximum Gasteiger partial charge on any atom is 0.290 e. The summed E-state index contributed by atoms with van der Waals surface area (Å²) in [4.78, 5) is 15.2. The molecule has 0 aliphatic carbocycles. The maximum atomic E-state index is 13.4. The zero-order valence-corrected chi connectivity index (χ0v) is 17.0. The molecule has 5 rings (SSSR count). The Morgan fingerprint density at radius 2 is 1.97 bits per heavy atom. The van der Waals surface area contributed by atoms with Crippen LogP contribution in [0.15, 0.2) is 47.6 Å². The molecule has 2 N–H and O–H groups in total. The smallest absolute Gasteiger partial charge is 0.290 e. The van der Waals surface area contributed by atoms with Crippen LogP contribution in [0.3, 0.4) is 0 Å². The second-order valence-electron chi connectivity index (χ2n) is 6.90. The molecule has 1 aromatic carbocycles. The van der Waals surface area contributed by atoms with E-state index in [1.54, 1.807) is 36.7 Å². The number of piperazine rings is 1. The van der Waals surface area contributed by atoms with Crippen molar-refractivity contribution in [2.45, 2.75) is 11.3 Å². The molecule has 3 aromatic rings. The van der Waals surface area contributed by atoms with Crippen molar-refractivity contribution in [1.29, 1.82) is 0 Å². The number of fused-ring (bicyclic) bond motifs is 2. The molecule has 1 fully saturated rings. The first-order valence-corrected chi connectivity index (χ1v) is 11.0. The molecule has 9 nitrogen and oxygen atoms in total. The number of nitrogens with zero attached hydrogens (tertiary/aromatic N) is 3. The van der Waals surface area contributed by atoms with Crippen LogP contribution < -0.4 is 15.0 Å². The summed E-state index contributed by atoms with van der Waals surface area (Å²) >= 11 is 0. The lowest BCUT2D eigenvalue weighted by molar-refractivity contribution is -0.122. The number of hydrogen-bond donors (Lipinski definition) is 2. The molecule has 0 amide bonds. The van der Waals surface area contributed by atoms with E-state index in [0.29, 0.717) is 23.4 Å². The van der Waals surface area contributed by atoms with Crippen LogP contribution in [0.1, 0.15) is 5.56 Å². The second kappa shape index (κ2) is 8.33. The lowest BCUT2D eigenvalue weighted by Gasteiger charge is -2.28. The number of ether oxygens (including phenoxy) is 1. The van der Waals surface area contributed by atoms with Crippen LogP contribution in [0.25, 0.3) is 11.0 Å². The highest BCUT2D eigenvalue weighted by atomic mass is 32.2. The van der Waals surface area contributed by atoms with Gasteiger partial charge in [0.15, 0.2) is 0 Å². The van der Waals surface area contributed by atoms with Gasteiger partial charge in [-0.3, -0.25) is 9.78 Å². The van der Waals surface area contributed by atoms with Crippen LogP contribution >= 0.6 is 0 Å². The van der Waals surface area contributed by atoms with Crippen molar-refractivity contribution in [3.63, 3.8) is 0 Å². The summed E-state index contributed by atoms with van der Waals surface area (Å²) < 4.78 is 33.7. The van der Waals surface area contributed by atoms with Gasteiger partial charge in [-0.25, -0.2) is 12.4 Å². The van der Waals surface area contributed by atoms with Gasteiger partial charge in [0, 0.05) is 51.1 Å². The zero-order valence-electron chi connectivity index (χ0n) is 16.2. The predicted molar refractivity (Wildman–Crippen MR) is 112 cm³/mol. The van der Waals surface area contributed by atoms with Gasteiger partial charge in [0.2, 0.25) is 0 Å². The molecule has 0 radical (unpaired) electrons.